The lowest BCUT2D eigenvalue weighted by Gasteiger charge is -2.28. The smallest absolute Gasteiger partial charge is 0.144 e. The molecule has 2 aromatic heterocycles. The average molecular weight is 386 g/mol. The summed E-state index contributed by atoms with van der Waals surface area (Å²) in [5.74, 6) is 0. The van der Waals surface area contributed by atoms with E-state index >= 15 is 0 Å². The van der Waals surface area contributed by atoms with E-state index in [0.29, 0.717) is 0 Å². The van der Waals surface area contributed by atoms with Crippen molar-refractivity contribution < 1.29 is 4.42 Å². The zero-order chi connectivity index (χ0) is 19.5. The molecule has 3 heteroatoms. The molecule has 5 rings (SSSR count). The summed E-state index contributed by atoms with van der Waals surface area (Å²) < 4.78 is 6.30. The molecule has 0 saturated carbocycles. The second-order valence-electron chi connectivity index (χ2n) is 8.15. The third kappa shape index (κ3) is 2.70. The van der Waals surface area contributed by atoms with Crippen LogP contribution in [-0.4, -0.2) is 23.8 Å². The van der Waals surface area contributed by atoms with E-state index in [1.54, 1.807) is 0 Å². The maximum absolute atomic E-state index is 6.30. The van der Waals surface area contributed by atoms with Crippen LogP contribution >= 0.6 is 10.0 Å². The van der Waals surface area contributed by atoms with Crippen molar-refractivity contribution in [2.24, 2.45) is 0 Å². The Kier molecular flexibility index (Phi) is 3.78. The number of pyridine rings is 1. The highest BCUT2D eigenvalue weighted by Gasteiger charge is 2.18. The molecule has 2 heterocycles. The zero-order valence-electron chi connectivity index (χ0n) is 16.6. The minimum atomic E-state index is -0.919. The van der Waals surface area contributed by atoms with Crippen molar-refractivity contribution in [2.75, 3.05) is 18.8 Å². The summed E-state index contributed by atoms with van der Waals surface area (Å²) in [6.45, 7) is 2.14. The Morgan fingerprint density at radius 3 is 2.29 bits per heavy atom. The highest BCUT2D eigenvalue weighted by molar-refractivity contribution is 8.32. The van der Waals surface area contributed by atoms with Gasteiger partial charge in [0.05, 0.1) is 11.2 Å². The molecule has 0 bridgehead atoms. The van der Waals surface area contributed by atoms with Crippen LogP contribution < -0.4 is 0 Å². The molecule has 0 radical (unpaired) electrons. The number of nitrogens with zero attached hydrogens (tertiary/aromatic N) is 1. The van der Waals surface area contributed by atoms with E-state index in [1.165, 1.54) is 15.8 Å². The molecule has 0 aliphatic carbocycles. The molecule has 0 aliphatic heterocycles. The number of rotatable bonds is 2. The molecule has 0 spiro atoms. The molecule has 0 aliphatic rings. The first-order valence-corrected chi connectivity index (χ1v) is 12.3. The van der Waals surface area contributed by atoms with Crippen molar-refractivity contribution >= 4 is 42.9 Å². The Bertz CT molecular complexity index is 1360. The molecule has 5 aromatic rings. The molecule has 0 unspecified atom stereocenters. The second-order valence-corrected chi connectivity index (χ2v) is 12.3. The molecular weight excluding hydrogens is 362 g/mol. The Balaban J connectivity index is 1.89. The lowest BCUT2D eigenvalue weighted by Crippen LogP contribution is -1.98. The summed E-state index contributed by atoms with van der Waals surface area (Å²) in [5, 5.41) is 3.57. The topological polar surface area (TPSA) is 26.0 Å². The van der Waals surface area contributed by atoms with Crippen LogP contribution in [0.25, 0.3) is 44.1 Å². The number of aryl methyl sites for hydroxylation is 1. The number of fused-ring (bicyclic) bond motifs is 4. The summed E-state index contributed by atoms with van der Waals surface area (Å²) in [6, 6.07) is 23.4. The van der Waals surface area contributed by atoms with Gasteiger partial charge >= 0.3 is 0 Å². The predicted molar refractivity (Wildman–Crippen MR) is 123 cm³/mol. The molecule has 0 saturated heterocycles. The lowest BCUT2D eigenvalue weighted by molar-refractivity contribution is 0.669. The Morgan fingerprint density at radius 1 is 0.786 bits per heavy atom. The van der Waals surface area contributed by atoms with Crippen LogP contribution in [0.5, 0.6) is 0 Å². The number of para-hydroxylation sites is 2. The van der Waals surface area contributed by atoms with Crippen molar-refractivity contribution in [3.8, 4) is 11.3 Å². The first-order chi connectivity index (χ1) is 13.4. The van der Waals surface area contributed by atoms with Gasteiger partial charge in [-0.15, -0.1) is 0 Å². The Hall–Kier alpha value is -2.78. The summed E-state index contributed by atoms with van der Waals surface area (Å²) >= 11 is 0. The van der Waals surface area contributed by atoms with E-state index in [4.69, 9.17) is 9.40 Å². The number of furan rings is 1. The van der Waals surface area contributed by atoms with Crippen LogP contribution in [0.1, 0.15) is 5.56 Å². The van der Waals surface area contributed by atoms with Crippen molar-refractivity contribution in [2.45, 2.75) is 11.8 Å². The van der Waals surface area contributed by atoms with Gasteiger partial charge < -0.3 is 4.42 Å². The third-order valence-electron chi connectivity index (χ3n) is 5.24. The molecule has 3 aromatic carbocycles. The van der Waals surface area contributed by atoms with Gasteiger partial charge in [-0.3, -0.25) is 0 Å². The zero-order valence-corrected chi connectivity index (χ0v) is 17.4. The van der Waals surface area contributed by atoms with Gasteiger partial charge in [-0.1, -0.05) is 36.4 Å². The van der Waals surface area contributed by atoms with Gasteiger partial charge in [-0.05, 0) is 61.6 Å². The van der Waals surface area contributed by atoms with E-state index < -0.39 is 10.0 Å². The average Bonchev–Trinajstić information content (AvgIpc) is 3.04. The number of aromatic nitrogens is 1. The maximum atomic E-state index is 6.30. The monoisotopic (exact) mass is 385 g/mol. The largest absolute Gasteiger partial charge is 0.455 e. The quantitative estimate of drug-likeness (QED) is 0.322. The van der Waals surface area contributed by atoms with Crippen LogP contribution in [0.15, 0.2) is 76.0 Å². The van der Waals surface area contributed by atoms with E-state index in [1.807, 2.05) is 12.1 Å². The fourth-order valence-corrected chi connectivity index (χ4v) is 5.25. The Labute approximate surface area is 166 Å². The highest BCUT2D eigenvalue weighted by Crippen LogP contribution is 2.49. The van der Waals surface area contributed by atoms with Crippen LogP contribution in [0.4, 0.5) is 0 Å². The number of hydrogen-bond donors (Lipinski definition) is 0. The summed E-state index contributed by atoms with van der Waals surface area (Å²) in [7, 11) is -0.919. The highest BCUT2D eigenvalue weighted by atomic mass is 32.3. The second kappa shape index (κ2) is 6.11. The van der Waals surface area contributed by atoms with Crippen molar-refractivity contribution in [1.82, 2.24) is 4.98 Å². The van der Waals surface area contributed by atoms with E-state index in [2.05, 4.69) is 80.3 Å². The summed E-state index contributed by atoms with van der Waals surface area (Å²) in [5.41, 5.74) is 6.17. The van der Waals surface area contributed by atoms with Gasteiger partial charge in [0.2, 0.25) is 0 Å². The lowest BCUT2D eigenvalue weighted by atomic mass is 10.0. The molecule has 140 valence electrons. The predicted octanol–water partition coefficient (Wildman–Crippen LogP) is 7.16. The maximum Gasteiger partial charge on any atom is 0.144 e. The van der Waals surface area contributed by atoms with Gasteiger partial charge in [0.25, 0.3) is 0 Å². The van der Waals surface area contributed by atoms with Gasteiger partial charge in [0.1, 0.15) is 11.2 Å². The summed E-state index contributed by atoms with van der Waals surface area (Å²) in [6.07, 6.45) is 7.02. The molecule has 28 heavy (non-hydrogen) atoms. The molecule has 0 atom stereocenters. The van der Waals surface area contributed by atoms with Gasteiger partial charge in [-0.2, -0.15) is 0 Å². The first-order valence-electron chi connectivity index (χ1n) is 9.42. The molecular formula is C25H23NOS. The fraction of sp³-hybridized carbons (Fsp3) is 0.160. The molecule has 0 N–H and O–H groups in total. The van der Waals surface area contributed by atoms with Gasteiger partial charge in [-0.25, -0.2) is 15.0 Å². The standard InChI is InChI=1S/C25H23NOS/c1-16-13-19-17-9-6-8-12-23(17)27-25(19)20(14-16)22-15-24(28(2,3)4)18-10-5-7-11-21(18)26-22/h5-15H,1-4H3. The van der Waals surface area contributed by atoms with Crippen LogP contribution in [0.2, 0.25) is 0 Å². The van der Waals surface area contributed by atoms with Crippen molar-refractivity contribution in [1.29, 1.82) is 0 Å². The van der Waals surface area contributed by atoms with Crippen molar-refractivity contribution in [3.63, 3.8) is 0 Å². The molecule has 0 fully saturated rings. The minimum Gasteiger partial charge on any atom is -0.455 e. The molecule has 2 nitrogen and oxygen atoms in total. The number of hydrogen-bond acceptors (Lipinski definition) is 2. The fourth-order valence-electron chi connectivity index (χ4n) is 3.95. The van der Waals surface area contributed by atoms with E-state index in [9.17, 15) is 0 Å². The Morgan fingerprint density at radius 2 is 1.50 bits per heavy atom. The van der Waals surface area contributed by atoms with Crippen LogP contribution in [0, 0.1) is 6.92 Å². The van der Waals surface area contributed by atoms with E-state index in [0.717, 1.165) is 38.7 Å². The first kappa shape index (κ1) is 17.3. The van der Waals surface area contributed by atoms with Gasteiger partial charge in [0, 0.05) is 26.6 Å². The SMILES string of the molecule is Cc1cc(-c2cc(S(C)(C)C)c3ccccc3n2)c2oc3ccccc3c2c1. The molecule has 0 amide bonds. The van der Waals surface area contributed by atoms with E-state index in [-0.39, 0.29) is 0 Å². The minimum absolute atomic E-state index is 0.919. The van der Waals surface area contributed by atoms with Gasteiger partial charge in [0.15, 0.2) is 0 Å². The van der Waals surface area contributed by atoms with Crippen molar-refractivity contribution in [3.05, 3.63) is 72.3 Å². The van der Waals surface area contributed by atoms with Crippen LogP contribution in [0.3, 0.4) is 0 Å². The van der Waals surface area contributed by atoms with Crippen LogP contribution in [-0.2, 0) is 0 Å². The normalized spacial score (nSPS) is 12.9. The third-order valence-corrected chi connectivity index (χ3v) is 6.89. The summed E-state index contributed by atoms with van der Waals surface area (Å²) in [4.78, 5) is 6.42. The number of benzene rings is 3.